The molecule has 0 atom stereocenters. The fourth-order valence-corrected chi connectivity index (χ4v) is 4.00. The summed E-state index contributed by atoms with van der Waals surface area (Å²) >= 11 is 6.49. The van der Waals surface area contributed by atoms with Crippen LogP contribution in [-0.4, -0.2) is 46.2 Å². The smallest absolute Gasteiger partial charge is 0.303 e. The molecule has 0 radical (unpaired) electrons. The predicted molar refractivity (Wildman–Crippen MR) is 138 cm³/mol. The highest BCUT2D eigenvalue weighted by atomic mass is 35.5. The van der Waals surface area contributed by atoms with Gasteiger partial charge in [0.2, 0.25) is 0 Å². The molecule has 1 aliphatic rings. The lowest BCUT2D eigenvalue weighted by atomic mass is 9.99. The van der Waals surface area contributed by atoms with Crippen molar-refractivity contribution in [1.82, 2.24) is 5.32 Å². The molecular formula is C26H34ClN3O5. The van der Waals surface area contributed by atoms with E-state index in [0.717, 1.165) is 54.3 Å². The number of hydrogen-bond donors (Lipinski definition) is 5. The van der Waals surface area contributed by atoms with Crippen LogP contribution in [0.2, 0.25) is 5.02 Å². The first-order valence-corrected chi connectivity index (χ1v) is 12.1. The Balaban J connectivity index is 0.000000466. The van der Waals surface area contributed by atoms with Gasteiger partial charge in [-0.25, -0.2) is 0 Å². The molecule has 35 heavy (non-hydrogen) atoms. The molecule has 0 spiro atoms. The van der Waals surface area contributed by atoms with Crippen LogP contribution in [0.25, 0.3) is 0 Å². The molecular weight excluding hydrogens is 470 g/mol. The molecule has 0 saturated carbocycles. The van der Waals surface area contributed by atoms with Crippen molar-refractivity contribution in [2.75, 3.05) is 18.4 Å². The van der Waals surface area contributed by atoms with Crippen molar-refractivity contribution < 1.29 is 25.0 Å². The van der Waals surface area contributed by atoms with Gasteiger partial charge in [0.1, 0.15) is 0 Å². The summed E-state index contributed by atoms with van der Waals surface area (Å²) in [4.78, 5) is 19.3. The van der Waals surface area contributed by atoms with Crippen LogP contribution in [0.15, 0.2) is 41.6 Å². The number of nitrogens with one attached hydrogen (secondary N) is 2. The first-order chi connectivity index (χ1) is 16.7. The maximum Gasteiger partial charge on any atom is 0.303 e. The van der Waals surface area contributed by atoms with E-state index in [0.29, 0.717) is 12.5 Å². The summed E-state index contributed by atoms with van der Waals surface area (Å²) in [6, 6.07) is 12.3. The van der Waals surface area contributed by atoms with Gasteiger partial charge >= 0.3 is 11.9 Å². The summed E-state index contributed by atoms with van der Waals surface area (Å²) in [6.07, 6.45) is 2.19. The third kappa shape index (κ3) is 9.58. The van der Waals surface area contributed by atoms with E-state index in [1.54, 1.807) is 0 Å². The minimum atomic E-state index is -1.08. The van der Waals surface area contributed by atoms with E-state index < -0.39 is 11.9 Å². The number of carbonyl (C=O) groups is 2. The molecule has 1 aliphatic heterocycles. The van der Waals surface area contributed by atoms with E-state index in [4.69, 9.17) is 21.8 Å². The van der Waals surface area contributed by atoms with Crippen molar-refractivity contribution >= 4 is 34.9 Å². The lowest BCUT2D eigenvalue weighted by Crippen LogP contribution is -2.16. The number of rotatable bonds is 9. The maximum absolute atomic E-state index is 9.64. The van der Waals surface area contributed by atoms with Crippen molar-refractivity contribution in [1.29, 1.82) is 0 Å². The number of nitrogens with zero attached hydrogens (tertiary/aromatic N) is 1. The van der Waals surface area contributed by atoms with Crippen molar-refractivity contribution in [2.45, 2.75) is 52.5 Å². The SMILES string of the molecule is CC(C)CC(=NO)c1ccc(CNc2c(Cl)ccc3c2CCNCC3)cc1.O=C(O)CCC(=O)O. The minimum absolute atomic E-state index is 0.296. The summed E-state index contributed by atoms with van der Waals surface area (Å²) in [5.41, 5.74) is 6.62. The van der Waals surface area contributed by atoms with E-state index in [2.05, 4.69) is 47.8 Å². The Bertz CT molecular complexity index is 1010. The Hall–Kier alpha value is -3.10. The van der Waals surface area contributed by atoms with Gasteiger partial charge in [-0.15, -0.1) is 0 Å². The fourth-order valence-electron chi connectivity index (χ4n) is 3.76. The molecule has 3 rings (SSSR count). The molecule has 0 unspecified atom stereocenters. The molecule has 2 aromatic rings. The zero-order valence-electron chi connectivity index (χ0n) is 20.2. The van der Waals surface area contributed by atoms with E-state index in [1.165, 1.54) is 16.7 Å². The Labute approximate surface area is 211 Å². The molecule has 9 heteroatoms. The Morgan fingerprint density at radius 1 is 1.03 bits per heavy atom. The first kappa shape index (κ1) is 28.1. The summed E-state index contributed by atoms with van der Waals surface area (Å²) < 4.78 is 0. The van der Waals surface area contributed by atoms with Crippen molar-refractivity contribution in [3.8, 4) is 0 Å². The molecule has 8 nitrogen and oxygen atoms in total. The van der Waals surface area contributed by atoms with E-state index in [1.807, 2.05) is 18.2 Å². The summed E-state index contributed by atoms with van der Waals surface area (Å²) in [5.74, 6) is -1.71. The first-order valence-electron chi connectivity index (χ1n) is 11.7. The minimum Gasteiger partial charge on any atom is -0.481 e. The number of fused-ring (bicyclic) bond motifs is 1. The largest absolute Gasteiger partial charge is 0.481 e. The fraction of sp³-hybridized carbons (Fsp3) is 0.423. The van der Waals surface area contributed by atoms with Gasteiger partial charge < -0.3 is 26.1 Å². The highest BCUT2D eigenvalue weighted by Gasteiger charge is 2.15. The zero-order valence-corrected chi connectivity index (χ0v) is 20.9. The van der Waals surface area contributed by atoms with Gasteiger partial charge in [-0.05, 0) is 66.6 Å². The van der Waals surface area contributed by atoms with E-state index >= 15 is 0 Å². The molecule has 190 valence electrons. The number of halogens is 1. The molecule has 5 N–H and O–H groups in total. The quantitative estimate of drug-likeness (QED) is 0.189. The number of anilines is 1. The van der Waals surface area contributed by atoms with Crippen LogP contribution < -0.4 is 10.6 Å². The third-order valence-corrected chi connectivity index (χ3v) is 5.83. The summed E-state index contributed by atoms with van der Waals surface area (Å²) in [7, 11) is 0. The Morgan fingerprint density at radius 2 is 1.66 bits per heavy atom. The Kier molecular flexibility index (Phi) is 11.5. The second kappa shape index (κ2) is 14.3. The molecule has 0 bridgehead atoms. The number of benzene rings is 2. The van der Waals surface area contributed by atoms with Crippen molar-refractivity contribution in [3.63, 3.8) is 0 Å². The number of carboxylic acids is 2. The van der Waals surface area contributed by atoms with Crippen LogP contribution in [-0.2, 0) is 29.0 Å². The van der Waals surface area contributed by atoms with Gasteiger partial charge in [0.15, 0.2) is 0 Å². The van der Waals surface area contributed by atoms with Crippen LogP contribution in [0.3, 0.4) is 0 Å². The van der Waals surface area contributed by atoms with Crippen LogP contribution in [0, 0.1) is 5.92 Å². The highest BCUT2D eigenvalue weighted by Crippen LogP contribution is 2.31. The van der Waals surface area contributed by atoms with Gasteiger partial charge in [0, 0.05) is 6.54 Å². The number of carboxylic acid groups (broad SMARTS) is 2. The third-order valence-electron chi connectivity index (χ3n) is 5.51. The number of oxime groups is 1. The van der Waals surface area contributed by atoms with Crippen LogP contribution in [0.5, 0.6) is 0 Å². The second-order valence-corrected chi connectivity index (χ2v) is 9.20. The molecule has 0 aromatic heterocycles. The van der Waals surface area contributed by atoms with Gasteiger partial charge in [0.25, 0.3) is 0 Å². The molecule has 1 heterocycles. The zero-order chi connectivity index (χ0) is 25.8. The van der Waals surface area contributed by atoms with E-state index in [9.17, 15) is 14.8 Å². The standard InChI is InChI=1S/C22H28ClN3O.C4H6O4/c1-15(2)13-21(26-27)18-5-3-16(4-6-18)14-25-22-19-10-12-24-11-9-17(19)7-8-20(22)23;5-3(6)1-2-4(7)8/h3-8,15,24-25,27H,9-14H2,1-2H3;1-2H2,(H,5,6)(H,7,8). The monoisotopic (exact) mass is 503 g/mol. The van der Waals surface area contributed by atoms with Crippen molar-refractivity contribution in [2.24, 2.45) is 11.1 Å². The van der Waals surface area contributed by atoms with Gasteiger partial charge in [-0.3, -0.25) is 9.59 Å². The molecule has 0 saturated heterocycles. The normalized spacial score (nSPS) is 13.3. The molecule has 2 aromatic carbocycles. The van der Waals surface area contributed by atoms with Gasteiger partial charge in [-0.1, -0.05) is 60.9 Å². The van der Waals surface area contributed by atoms with Gasteiger partial charge in [-0.2, -0.15) is 0 Å². The second-order valence-electron chi connectivity index (χ2n) is 8.79. The lowest BCUT2D eigenvalue weighted by molar-refractivity contribution is -0.143. The Morgan fingerprint density at radius 3 is 2.23 bits per heavy atom. The molecule has 0 amide bonds. The highest BCUT2D eigenvalue weighted by molar-refractivity contribution is 6.33. The summed E-state index contributed by atoms with van der Waals surface area (Å²) in [6.45, 7) is 6.94. The number of aliphatic carboxylic acids is 2. The maximum atomic E-state index is 9.64. The van der Waals surface area contributed by atoms with Gasteiger partial charge in [0.05, 0.1) is 29.3 Å². The van der Waals surface area contributed by atoms with Crippen LogP contribution in [0.4, 0.5) is 5.69 Å². The average Bonchev–Trinajstić information content (AvgIpc) is 3.07. The van der Waals surface area contributed by atoms with E-state index in [-0.39, 0.29) is 12.8 Å². The molecule has 0 fully saturated rings. The predicted octanol–water partition coefficient (Wildman–Crippen LogP) is 4.80. The average molecular weight is 504 g/mol. The lowest BCUT2D eigenvalue weighted by Gasteiger charge is -2.16. The number of hydrogen-bond acceptors (Lipinski definition) is 6. The van der Waals surface area contributed by atoms with Crippen LogP contribution >= 0.6 is 11.6 Å². The summed E-state index contributed by atoms with van der Waals surface area (Å²) in [5, 5.41) is 36.3. The van der Waals surface area contributed by atoms with Crippen molar-refractivity contribution in [3.05, 3.63) is 63.7 Å². The topological polar surface area (TPSA) is 131 Å². The molecule has 0 aliphatic carbocycles. The van der Waals surface area contributed by atoms with Crippen LogP contribution in [0.1, 0.15) is 55.4 Å².